The molecule has 7 heteroatoms. The molecule has 0 bridgehead atoms. The van der Waals surface area contributed by atoms with Crippen LogP contribution in [-0.4, -0.2) is 30.2 Å². The van der Waals surface area contributed by atoms with Gasteiger partial charge in [-0.2, -0.15) is 0 Å². The lowest BCUT2D eigenvalue weighted by molar-refractivity contribution is -0.133. The number of rotatable bonds is 4. The van der Waals surface area contributed by atoms with Gasteiger partial charge in [-0.3, -0.25) is 9.59 Å². The largest absolute Gasteiger partial charge is 0.465 e. The maximum absolute atomic E-state index is 12.6. The summed E-state index contributed by atoms with van der Waals surface area (Å²) in [5, 5.41) is -0.793. The van der Waals surface area contributed by atoms with E-state index in [1.807, 2.05) is 0 Å². The van der Waals surface area contributed by atoms with E-state index in [4.69, 9.17) is 21.1 Å². The molecule has 0 saturated heterocycles. The van der Waals surface area contributed by atoms with E-state index in [1.54, 1.807) is 49.4 Å². The van der Waals surface area contributed by atoms with Gasteiger partial charge in [0.25, 0.3) is 0 Å². The Hall–Kier alpha value is -3.12. The van der Waals surface area contributed by atoms with Gasteiger partial charge in [-0.05, 0) is 49.8 Å². The zero-order valence-corrected chi connectivity index (χ0v) is 16.2. The standard InChI is InChI=1S/C21H17ClO6/c1-11-16(28-20(24)12(2)22)9-8-15-18(23)17(27-19(11)15)10-13-4-6-14(7-5-13)21(25)26-3/h4-10,12H,1-3H3/b17-10-. The van der Waals surface area contributed by atoms with E-state index in [1.165, 1.54) is 14.0 Å². The van der Waals surface area contributed by atoms with Gasteiger partial charge in [0.1, 0.15) is 16.9 Å². The number of ether oxygens (including phenoxy) is 3. The predicted octanol–water partition coefficient (Wildman–Crippen LogP) is 3.93. The summed E-state index contributed by atoms with van der Waals surface area (Å²) in [5.74, 6) is -0.543. The number of hydrogen-bond acceptors (Lipinski definition) is 6. The Labute approximate surface area is 166 Å². The highest BCUT2D eigenvalue weighted by Gasteiger charge is 2.30. The van der Waals surface area contributed by atoms with E-state index in [0.717, 1.165) is 0 Å². The Morgan fingerprint density at radius 2 is 1.82 bits per heavy atom. The second-order valence-electron chi connectivity index (χ2n) is 6.16. The molecule has 0 aliphatic carbocycles. The van der Waals surface area contributed by atoms with Crippen LogP contribution in [0.25, 0.3) is 6.08 Å². The normalized spacial score (nSPS) is 15.0. The summed E-state index contributed by atoms with van der Waals surface area (Å²) in [6, 6.07) is 9.65. The minimum Gasteiger partial charge on any atom is -0.465 e. The highest BCUT2D eigenvalue weighted by Crippen LogP contribution is 2.39. The highest BCUT2D eigenvalue weighted by molar-refractivity contribution is 6.29. The van der Waals surface area contributed by atoms with Crippen LogP contribution < -0.4 is 9.47 Å². The Balaban J connectivity index is 1.87. The first-order valence-corrected chi connectivity index (χ1v) is 8.87. The Bertz CT molecular complexity index is 989. The van der Waals surface area contributed by atoms with E-state index in [2.05, 4.69) is 4.74 Å². The molecule has 2 aromatic rings. The monoisotopic (exact) mass is 400 g/mol. The molecule has 0 spiro atoms. The smallest absolute Gasteiger partial charge is 0.337 e. The molecule has 0 N–H and O–H groups in total. The SMILES string of the molecule is COC(=O)c1ccc(/C=C2\Oc3c(ccc(OC(=O)C(C)Cl)c3C)C2=O)cc1. The number of fused-ring (bicyclic) bond motifs is 1. The molecular weight excluding hydrogens is 384 g/mol. The number of ketones is 1. The van der Waals surface area contributed by atoms with Gasteiger partial charge in [-0.1, -0.05) is 12.1 Å². The molecular formula is C21H17ClO6. The number of esters is 2. The lowest BCUT2D eigenvalue weighted by Crippen LogP contribution is -2.18. The molecule has 0 saturated carbocycles. The number of alkyl halides is 1. The van der Waals surface area contributed by atoms with E-state index < -0.39 is 17.3 Å². The van der Waals surface area contributed by atoms with Crippen molar-refractivity contribution < 1.29 is 28.6 Å². The maximum atomic E-state index is 12.6. The number of benzene rings is 2. The fourth-order valence-corrected chi connectivity index (χ4v) is 2.70. The van der Waals surface area contributed by atoms with Crippen LogP contribution in [0.3, 0.4) is 0 Å². The summed E-state index contributed by atoms with van der Waals surface area (Å²) in [6.45, 7) is 3.21. The second-order valence-corrected chi connectivity index (χ2v) is 6.81. The fraction of sp³-hybridized carbons (Fsp3) is 0.190. The molecule has 1 aliphatic rings. The second kappa shape index (κ2) is 7.86. The number of allylic oxidation sites excluding steroid dienone is 1. The van der Waals surface area contributed by atoms with Crippen LogP contribution in [0.4, 0.5) is 0 Å². The number of carbonyl (C=O) groups is 3. The minimum absolute atomic E-state index is 0.137. The van der Waals surface area contributed by atoms with Gasteiger partial charge in [0.2, 0.25) is 5.78 Å². The number of carbonyl (C=O) groups excluding carboxylic acids is 3. The third-order valence-electron chi connectivity index (χ3n) is 4.20. The van der Waals surface area contributed by atoms with Crippen molar-refractivity contribution in [1.82, 2.24) is 0 Å². The van der Waals surface area contributed by atoms with Crippen molar-refractivity contribution in [3.8, 4) is 11.5 Å². The van der Waals surface area contributed by atoms with Crippen molar-refractivity contribution in [3.63, 3.8) is 0 Å². The van der Waals surface area contributed by atoms with Crippen molar-refractivity contribution >= 4 is 35.4 Å². The van der Waals surface area contributed by atoms with Crippen molar-refractivity contribution in [3.05, 3.63) is 64.4 Å². The van der Waals surface area contributed by atoms with E-state index in [9.17, 15) is 14.4 Å². The van der Waals surface area contributed by atoms with Gasteiger partial charge in [-0.25, -0.2) is 4.79 Å². The lowest BCUT2D eigenvalue weighted by Gasteiger charge is -2.10. The van der Waals surface area contributed by atoms with Crippen LogP contribution in [0, 0.1) is 6.92 Å². The zero-order valence-electron chi connectivity index (χ0n) is 15.4. The van der Waals surface area contributed by atoms with Crippen LogP contribution in [-0.2, 0) is 9.53 Å². The summed E-state index contributed by atoms with van der Waals surface area (Å²) in [6.07, 6.45) is 1.58. The summed E-state index contributed by atoms with van der Waals surface area (Å²) in [5.41, 5.74) is 2.00. The average molecular weight is 401 g/mol. The van der Waals surface area contributed by atoms with Crippen molar-refractivity contribution in [1.29, 1.82) is 0 Å². The molecule has 0 aromatic heterocycles. The molecule has 28 heavy (non-hydrogen) atoms. The summed E-state index contributed by atoms with van der Waals surface area (Å²) in [7, 11) is 1.31. The summed E-state index contributed by atoms with van der Waals surface area (Å²) >= 11 is 5.73. The van der Waals surface area contributed by atoms with Crippen molar-refractivity contribution in [2.24, 2.45) is 0 Å². The molecule has 6 nitrogen and oxygen atoms in total. The third kappa shape index (κ3) is 3.77. The Morgan fingerprint density at radius 3 is 2.43 bits per heavy atom. The Kier molecular flexibility index (Phi) is 5.51. The molecule has 1 unspecified atom stereocenters. The van der Waals surface area contributed by atoms with Gasteiger partial charge >= 0.3 is 11.9 Å². The zero-order chi connectivity index (χ0) is 20.4. The quantitative estimate of drug-likeness (QED) is 0.335. The fourth-order valence-electron chi connectivity index (χ4n) is 2.65. The lowest BCUT2D eigenvalue weighted by atomic mass is 10.1. The van der Waals surface area contributed by atoms with Gasteiger partial charge in [-0.15, -0.1) is 11.6 Å². The van der Waals surface area contributed by atoms with Crippen LogP contribution in [0.1, 0.15) is 38.8 Å². The molecule has 144 valence electrons. The van der Waals surface area contributed by atoms with Crippen molar-refractivity contribution in [2.45, 2.75) is 19.2 Å². The van der Waals surface area contributed by atoms with Gasteiger partial charge in [0.15, 0.2) is 5.76 Å². The molecule has 3 rings (SSSR count). The summed E-state index contributed by atoms with van der Waals surface area (Å²) < 4.78 is 15.6. The average Bonchev–Trinajstić information content (AvgIpc) is 3.00. The molecule has 0 amide bonds. The molecule has 1 heterocycles. The molecule has 0 radical (unpaired) electrons. The van der Waals surface area contributed by atoms with E-state index in [-0.39, 0.29) is 17.3 Å². The maximum Gasteiger partial charge on any atom is 0.337 e. The molecule has 0 fully saturated rings. The Morgan fingerprint density at radius 1 is 1.14 bits per heavy atom. The number of methoxy groups -OCH3 is 1. The number of Topliss-reactive ketones (excluding diaryl/α,β-unsaturated/α-hetero) is 1. The minimum atomic E-state index is -0.793. The van der Waals surface area contributed by atoms with Crippen LogP contribution in [0.2, 0.25) is 0 Å². The highest BCUT2D eigenvalue weighted by atomic mass is 35.5. The third-order valence-corrected chi connectivity index (χ3v) is 4.38. The first-order chi connectivity index (χ1) is 13.3. The van der Waals surface area contributed by atoms with Crippen LogP contribution in [0.15, 0.2) is 42.2 Å². The molecule has 2 aromatic carbocycles. The first kappa shape index (κ1) is 19.6. The molecule has 1 atom stereocenters. The van der Waals surface area contributed by atoms with Gasteiger partial charge in [0.05, 0.1) is 18.2 Å². The first-order valence-electron chi connectivity index (χ1n) is 8.43. The van der Waals surface area contributed by atoms with Crippen LogP contribution in [0.5, 0.6) is 11.5 Å². The predicted molar refractivity (Wildman–Crippen MR) is 103 cm³/mol. The molecule has 1 aliphatic heterocycles. The van der Waals surface area contributed by atoms with Crippen LogP contribution >= 0.6 is 11.6 Å². The van der Waals surface area contributed by atoms with E-state index in [0.29, 0.717) is 28.0 Å². The van der Waals surface area contributed by atoms with Gasteiger partial charge < -0.3 is 14.2 Å². The van der Waals surface area contributed by atoms with Gasteiger partial charge in [0, 0.05) is 5.56 Å². The number of hydrogen-bond donors (Lipinski definition) is 0. The number of halogens is 1. The van der Waals surface area contributed by atoms with Crippen molar-refractivity contribution in [2.75, 3.05) is 7.11 Å². The van der Waals surface area contributed by atoms with E-state index >= 15 is 0 Å². The topological polar surface area (TPSA) is 78.9 Å². The summed E-state index contributed by atoms with van der Waals surface area (Å²) in [4.78, 5) is 35.8.